The zero-order valence-corrected chi connectivity index (χ0v) is 12.4. The van der Waals surface area contributed by atoms with Gasteiger partial charge in [-0.15, -0.1) is 0 Å². The predicted octanol–water partition coefficient (Wildman–Crippen LogP) is 4.06. The van der Waals surface area contributed by atoms with E-state index in [0.29, 0.717) is 0 Å². The van der Waals surface area contributed by atoms with Crippen LogP contribution in [0.2, 0.25) is 0 Å². The van der Waals surface area contributed by atoms with E-state index < -0.39 is 0 Å². The second kappa shape index (κ2) is 7.32. The van der Waals surface area contributed by atoms with Crippen molar-refractivity contribution >= 4 is 5.97 Å². The summed E-state index contributed by atoms with van der Waals surface area (Å²) < 4.78 is 11.4. The van der Waals surface area contributed by atoms with Gasteiger partial charge in [-0.2, -0.15) is 0 Å². The molecule has 2 atom stereocenters. The first-order chi connectivity index (χ1) is 9.72. The molecule has 0 aromatic heterocycles. The summed E-state index contributed by atoms with van der Waals surface area (Å²) in [7, 11) is 0. The normalized spacial score (nSPS) is 22.3. The molecule has 1 aliphatic rings. The van der Waals surface area contributed by atoms with Gasteiger partial charge in [0.15, 0.2) is 0 Å². The van der Waals surface area contributed by atoms with Gasteiger partial charge in [0.1, 0.15) is 11.9 Å². The summed E-state index contributed by atoms with van der Waals surface area (Å²) >= 11 is 0. The van der Waals surface area contributed by atoms with Crippen LogP contribution in [0.5, 0.6) is 5.75 Å². The van der Waals surface area contributed by atoms with Crippen molar-refractivity contribution < 1.29 is 14.3 Å². The monoisotopic (exact) mass is 276 g/mol. The highest BCUT2D eigenvalue weighted by Crippen LogP contribution is 2.39. The van der Waals surface area contributed by atoms with Gasteiger partial charge < -0.3 is 9.47 Å². The van der Waals surface area contributed by atoms with Gasteiger partial charge in [0, 0.05) is 18.4 Å². The molecule has 1 fully saturated rings. The number of hydrogen-bond acceptors (Lipinski definition) is 3. The van der Waals surface area contributed by atoms with E-state index in [4.69, 9.17) is 9.47 Å². The summed E-state index contributed by atoms with van der Waals surface area (Å²) in [5, 5.41) is 0. The van der Waals surface area contributed by atoms with Gasteiger partial charge in [0.25, 0.3) is 0 Å². The zero-order valence-electron chi connectivity index (χ0n) is 12.4. The third kappa shape index (κ3) is 3.75. The number of hydrogen-bond donors (Lipinski definition) is 0. The summed E-state index contributed by atoms with van der Waals surface area (Å²) in [6.45, 7) is 4.32. The molecule has 0 heterocycles. The van der Waals surface area contributed by atoms with E-state index in [9.17, 15) is 4.79 Å². The molecule has 0 saturated heterocycles. The first-order valence-corrected chi connectivity index (χ1v) is 7.61. The fraction of sp³-hybridized carbons (Fsp3) is 0.588. The van der Waals surface area contributed by atoms with Crippen molar-refractivity contribution in [2.75, 3.05) is 6.61 Å². The standard InChI is InChI=1S/C17H24O3/c1-3-12-19-16-10-6-4-8-14(16)15-9-5-7-11-17(15)20-13(2)18/h4,6,8,10,15,17H,3,5,7,9,11-12H2,1-2H3. The van der Waals surface area contributed by atoms with Crippen molar-refractivity contribution in [1.82, 2.24) is 0 Å². The highest BCUT2D eigenvalue weighted by Gasteiger charge is 2.30. The maximum Gasteiger partial charge on any atom is 0.302 e. The number of para-hydroxylation sites is 1. The minimum atomic E-state index is -0.186. The van der Waals surface area contributed by atoms with Crippen LogP contribution in [0, 0.1) is 0 Å². The molecule has 1 aromatic rings. The Hall–Kier alpha value is -1.51. The number of esters is 1. The van der Waals surface area contributed by atoms with Crippen LogP contribution in [0.15, 0.2) is 24.3 Å². The summed E-state index contributed by atoms with van der Waals surface area (Å²) in [5.41, 5.74) is 1.19. The van der Waals surface area contributed by atoms with Crippen molar-refractivity contribution in [3.8, 4) is 5.75 Å². The van der Waals surface area contributed by atoms with Crippen molar-refractivity contribution in [2.45, 2.75) is 58.0 Å². The van der Waals surface area contributed by atoms with Gasteiger partial charge in [-0.3, -0.25) is 4.79 Å². The Morgan fingerprint density at radius 1 is 1.25 bits per heavy atom. The molecule has 1 saturated carbocycles. The molecule has 0 bridgehead atoms. The maximum absolute atomic E-state index is 11.3. The van der Waals surface area contributed by atoms with Crippen molar-refractivity contribution in [3.63, 3.8) is 0 Å². The molecule has 110 valence electrons. The molecule has 1 aliphatic carbocycles. The van der Waals surface area contributed by atoms with Crippen LogP contribution in [0.1, 0.15) is 57.4 Å². The van der Waals surface area contributed by atoms with Gasteiger partial charge in [-0.25, -0.2) is 0 Å². The molecule has 1 aromatic carbocycles. The lowest BCUT2D eigenvalue weighted by Crippen LogP contribution is -2.28. The molecule has 0 radical (unpaired) electrons. The van der Waals surface area contributed by atoms with Gasteiger partial charge >= 0.3 is 5.97 Å². The average Bonchev–Trinajstić information content (AvgIpc) is 2.45. The lowest BCUT2D eigenvalue weighted by molar-refractivity contribution is -0.148. The third-order valence-corrected chi connectivity index (χ3v) is 3.80. The summed E-state index contributed by atoms with van der Waals surface area (Å²) in [5.74, 6) is 1.02. The predicted molar refractivity (Wildman–Crippen MR) is 79.0 cm³/mol. The van der Waals surface area contributed by atoms with E-state index >= 15 is 0 Å². The van der Waals surface area contributed by atoms with Crippen molar-refractivity contribution in [3.05, 3.63) is 29.8 Å². The fourth-order valence-electron chi connectivity index (χ4n) is 2.94. The van der Waals surface area contributed by atoms with E-state index in [2.05, 4.69) is 13.0 Å². The molecule has 0 N–H and O–H groups in total. The van der Waals surface area contributed by atoms with E-state index in [1.54, 1.807) is 0 Å². The molecule has 2 rings (SSSR count). The summed E-state index contributed by atoms with van der Waals surface area (Å²) in [4.78, 5) is 11.3. The van der Waals surface area contributed by atoms with Crippen LogP contribution in [0.25, 0.3) is 0 Å². The average molecular weight is 276 g/mol. The summed E-state index contributed by atoms with van der Waals surface area (Å²) in [6, 6.07) is 8.16. The lowest BCUT2D eigenvalue weighted by Gasteiger charge is -2.32. The molecular formula is C17H24O3. The van der Waals surface area contributed by atoms with Gasteiger partial charge in [0.05, 0.1) is 6.61 Å². The van der Waals surface area contributed by atoms with E-state index in [-0.39, 0.29) is 18.0 Å². The molecule has 0 spiro atoms. The Bertz CT molecular complexity index is 442. The van der Waals surface area contributed by atoms with E-state index in [1.165, 1.54) is 18.9 Å². The Labute approximate surface area is 121 Å². The molecule has 3 heteroatoms. The number of carbonyl (C=O) groups excluding carboxylic acids is 1. The Kier molecular flexibility index (Phi) is 5.45. The SMILES string of the molecule is CCCOc1ccccc1C1CCCCC1OC(C)=O. The first kappa shape index (κ1) is 14.9. The summed E-state index contributed by atoms with van der Waals surface area (Å²) in [6.07, 6.45) is 5.31. The fourth-order valence-corrected chi connectivity index (χ4v) is 2.94. The van der Waals surface area contributed by atoms with Gasteiger partial charge in [-0.05, 0) is 31.7 Å². The highest BCUT2D eigenvalue weighted by atomic mass is 16.5. The Morgan fingerprint density at radius 3 is 2.75 bits per heavy atom. The van der Waals surface area contributed by atoms with E-state index in [0.717, 1.165) is 38.0 Å². The van der Waals surface area contributed by atoms with Crippen LogP contribution in [-0.4, -0.2) is 18.7 Å². The van der Waals surface area contributed by atoms with E-state index in [1.807, 2.05) is 18.2 Å². The highest BCUT2D eigenvalue weighted by molar-refractivity contribution is 5.66. The van der Waals surface area contributed by atoms with Crippen molar-refractivity contribution in [1.29, 1.82) is 0 Å². The molecule has 20 heavy (non-hydrogen) atoms. The second-order valence-corrected chi connectivity index (χ2v) is 5.43. The number of ether oxygens (including phenoxy) is 2. The maximum atomic E-state index is 11.3. The quantitative estimate of drug-likeness (QED) is 0.761. The molecule has 2 unspecified atom stereocenters. The molecule has 0 aliphatic heterocycles. The smallest absolute Gasteiger partial charge is 0.302 e. The van der Waals surface area contributed by atoms with Crippen LogP contribution in [0.4, 0.5) is 0 Å². The third-order valence-electron chi connectivity index (χ3n) is 3.80. The number of carbonyl (C=O) groups is 1. The number of benzene rings is 1. The lowest BCUT2D eigenvalue weighted by atomic mass is 9.81. The molecule has 0 amide bonds. The largest absolute Gasteiger partial charge is 0.493 e. The van der Waals surface area contributed by atoms with Crippen LogP contribution in [-0.2, 0) is 9.53 Å². The van der Waals surface area contributed by atoms with Crippen LogP contribution < -0.4 is 4.74 Å². The Morgan fingerprint density at radius 2 is 2.00 bits per heavy atom. The van der Waals surface area contributed by atoms with Crippen LogP contribution in [0.3, 0.4) is 0 Å². The topological polar surface area (TPSA) is 35.5 Å². The number of rotatable bonds is 5. The molecule has 3 nitrogen and oxygen atoms in total. The molecular weight excluding hydrogens is 252 g/mol. The first-order valence-electron chi connectivity index (χ1n) is 7.61. The second-order valence-electron chi connectivity index (χ2n) is 5.43. The zero-order chi connectivity index (χ0) is 14.4. The minimum absolute atomic E-state index is 0.00683. The minimum Gasteiger partial charge on any atom is -0.493 e. The van der Waals surface area contributed by atoms with Gasteiger partial charge in [0.2, 0.25) is 0 Å². The Balaban J connectivity index is 2.20. The van der Waals surface area contributed by atoms with Crippen LogP contribution >= 0.6 is 0 Å². The van der Waals surface area contributed by atoms with Crippen molar-refractivity contribution in [2.24, 2.45) is 0 Å². The van der Waals surface area contributed by atoms with Gasteiger partial charge in [-0.1, -0.05) is 31.5 Å².